The Morgan fingerprint density at radius 1 is 1.42 bits per heavy atom. The summed E-state index contributed by atoms with van der Waals surface area (Å²) in [5.41, 5.74) is 0.124. The molecule has 24 heavy (non-hydrogen) atoms. The molecule has 0 aromatic carbocycles. The summed E-state index contributed by atoms with van der Waals surface area (Å²) in [6.45, 7) is 4.81. The molecule has 3 rings (SSSR count). The highest BCUT2D eigenvalue weighted by Crippen LogP contribution is 2.28. The third-order valence-corrected chi connectivity index (χ3v) is 5.08. The Kier molecular flexibility index (Phi) is 4.63. The zero-order valence-electron chi connectivity index (χ0n) is 13.6. The first-order valence-corrected chi connectivity index (χ1v) is 8.57. The van der Waals surface area contributed by atoms with Crippen molar-refractivity contribution in [3.05, 3.63) is 43.7 Å². The van der Waals surface area contributed by atoms with Crippen LogP contribution in [0.1, 0.15) is 17.5 Å². The van der Waals surface area contributed by atoms with Gasteiger partial charge in [-0.05, 0) is 6.54 Å². The van der Waals surface area contributed by atoms with Gasteiger partial charge in [0.05, 0.1) is 5.69 Å². The number of carbonyl (C=O) groups is 1. The zero-order valence-corrected chi connectivity index (χ0v) is 14.4. The molecule has 0 saturated heterocycles. The second kappa shape index (κ2) is 6.70. The molecule has 9 heteroatoms. The van der Waals surface area contributed by atoms with Gasteiger partial charge < -0.3 is 5.32 Å². The predicted octanol–water partition coefficient (Wildman–Crippen LogP) is 0.0202. The van der Waals surface area contributed by atoms with E-state index in [2.05, 4.69) is 22.1 Å². The van der Waals surface area contributed by atoms with Crippen LogP contribution in [0.5, 0.6) is 0 Å². The van der Waals surface area contributed by atoms with Crippen LogP contribution in [0.2, 0.25) is 0 Å². The van der Waals surface area contributed by atoms with Gasteiger partial charge in [0.15, 0.2) is 5.13 Å². The first-order valence-electron chi connectivity index (χ1n) is 7.75. The van der Waals surface area contributed by atoms with Crippen LogP contribution in [0.4, 0.5) is 5.13 Å². The summed E-state index contributed by atoms with van der Waals surface area (Å²) in [4.78, 5) is 43.4. The minimum absolute atomic E-state index is 0.154. The van der Waals surface area contributed by atoms with Crippen molar-refractivity contribution in [1.29, 1.82) is 0 Å². The van der Waals surface area contributed by atoms with Gasteiger partial charge in [-0.2, -0.15) is 0 Å². The van der Waals surface area contributed by atoms with Crippen molar-refractivity contribution in [2.24, 2.45) is 7.05 Å². The van der Waals surface area contributed by atoms with E-state index in [-0.39, 0.29) is 12.5 Å². The lowest BCUT2D eigenvalue weighted by atomic mass is 10.2. The molecule has 3 heterocycles. The quantitative estimate of drug-likeness (QED) is 0.841. The highest BCUT2D eigenvalue weighted by molar-refractivity contribution is 7.15. The molecule has 2 aromatic rings. The number of amides is 1. The van der Waals surface area contributed by atoms with Gasteiger partial charge >= 0.3 is 5.69 Å². The molecule has 128 valence electrons. The molecule has 0 bridgehead atoms. The van der Waals surface area contributed by atoms with E-state index < -0.39 is 11.2 Å². The number of carbonyl (C=O) groups excluding carboxylic acids is 1. The van der Waals surface area contributed by atoms with E-state index in [1.54, 1.807) is 0 Å². The maximum atomic E-state index is 12.2. The summed E-state index contributed by atoms with van der Waals surface area (Å²) in [5, 5.41) is 3.30. The molecule has 0 aliphatic carbocycles. The van der Waals surface area contributed by atoms with Gasteiger partial charge in [-0.3, -0.25) is 23.6 Å². The fraction of sp³-hybridized carbons (Fsp3) is 0.467. The molecule has 0 saturated carbocycles. The van der Waals surface area contributed by atoms with E-state index in [0.717, 1.165) is 36.3 Å². The molecular weight excluding hydrogens is 330 g/mol. The van der Waals surface area contributed by atoms with Gasteiger partial charge in [0.25, 0.3) is 5.56 Å². The standard InChI is InChI=1S/C15H19N5O3S/c1-3-19-6-4-10-11(8-19)24-14(16-10)17-12(21)9-20-7-5-13(22)18(2)15(20)23/h5,7H,3-4,6,8-9H2,1-2H3,(H,16,17,21). The highest BCUT2D eigenvalue weighted by Gasteiger charge is 2.20. The number of anilines is 1. The predicted molar refractivity (Wildman–Crippen MR) is 91.3 cm³/mol. The molecule has 0 radical (unpaired) electrons. The number of nitrogens with zero attached hydrogens (tertiary/aromatic N) is 4. The maximum Gasteiger partial charge on any atom is 0.331 e. The number of thiazole rings is 1. The first kappa shape index (κ1) is 16.6. The third kappa shape index (κ3) is 3.31. The fourth-order valence-corrected chi connectivity index (χ4v) is 3.69. The van der Waals surface area contributed by atoms with Crippen LogP contribution < -0.4 is 16.6 Å². The van der Waals surface area contributed by atoms with Crippen molar-refractivity contribution < 1.29 is 4.79 Å². The molecule has 8 nitrogen and oxygen atoms in total. The van der Waals surface area contributed by atoms with E-state index in [4.69, 9.17) is 0 Å². The third-order valence-electron chi connectivity index (χ3n) is 4.08. The first-order chi connectivity index (χ1) is 11.5. The summed E-state index contributed by atoms with van der Waals surface area (Å²) < 4.78 is 2.16. The maximum absolute atomic E-state index is 12.2. The molecule has 1 N–H and O–H groups in total. The largest absolute Gasteiger partial charge is 0.331 e. The summed E-state index contributed by atoms with van der Waals surface area (Å²) in [5.74, 6) is -0.339. The topological polar surface area (TPSA) is 89.2 Å². The molecule has 1 aliphatic rings. The van der Waals surface area contributed by atoms with Crippen molar-refractivity contribution in [1.82, 2.24) is 19.0 Å². The summed E-state index contributed by atoms with van der Waals surface area (Å²) in [6.07, 6.45) is 2.21. The lowest BCUT2D eigenvalue weighted by Crippen LogP contribution is -2.38. The van der Waals surface area contributed by atoms with Gasteiger partial charge in [-0.15, -0.1) is 11.3 Å². The van der Waals surface area contributed by atoms with Crippen molar-refractivity contribution in [2.75, 3.05) is 18.4 Å². The van der Waals surface area contributed by atoms with E-state index in [1.807, 2.05) is 0 Å². The second-order valence-corrected chi connectivity index (χ2v) is 6.76. The van der Waals surface area contributed by atoms with Gasteiger partial charge in [0.2, 0.25) is 5.91 Å². The molecule has 0 unspecified atom stereocenters. The normalized spacial score (nSPS) is 14.4. The number of fused-ring (bicyclic) bond motifs is 1. The van der Waals surface area contributed by atoms with Crippen LogP contribution >= 0.6 is 11.3 Å². The molecule has 1 amide bonds. The van der Waals surface area contributed by atoms with Crippen LogP contribution in [-0.4, -0.2) is 38.0 Å². The van der Waals surface area contributed by atoms with Crippen molar-refractivity contribution >= 4 is 22.4 Å². The Hall–Kier alpha value is -2.26. The van der Waals surface area contributed by atoms with E-state index in [9.17, 15) is 14.4 Å². The molecule has 0 atom stereocenters. The average molecular weight is 349 g/mol. The number of rotatable bonds is 4. The molecule has 0 spiro atoms. The Labute approximate surface area is 142 Å². The summed E-state index contributed by atoms with van der Waals surface area (Å²) in [7, 11) is 1.38. The van der Waals surface area contributed by atoms with Crippen molar-refractivity contribution in [3.63, 3.8) is 0 Å². The lowest BCUT2D eigenvalue weighted by Gasteiger charge is -2.23. The molecule has 1 aliphatic heterocycles. The van der Waals surface area contributed by atoms with Gasteiger partial charge in [0, 0.05) is 43.7 Å². The number of likely N-dealkylation sites (N-methyl/N-ethyl adjacent to an activating group) is 1. The summed E-state index contributed by atoms with van der Waals surface area (Å²) in [6, 6.07) is 1.26. The Balaban J connectivity index is 1.70. The van der Waals surface area contributed by atoms with Crippen LogP contribution in [0.3, 0.4) is 0 Å². The minimum Gasteiger partial charge on any atom is -0.300 e. The Bertz CT molecular complexity index is 882. The summed E-state index contributed by atoms with van der Waals surface area (Å²) >= 11 is 1.48. The molecule has 2 aromatic heterocycles. The molecule has 0 fully saturated rings. The SMILES string of the molecule is CCN1CCc2nc(NC(=O)Cn3ccc(=O)n(C)c3=O)sc2C1. The molecular formula is C15H19N5O3S. The average Bonchev–Trinajstić information content (AvgIpc) is 2.96. The number of hydrogen-bond donors (Lipinski definition) is 1. The number of nitrogens with one attached hydrogen (secondary N) is 1. The van der Waals surface area contributed by atoms with Gasteiger partial charge in [-0.1, -0.05) is 6.92 Å². The second-order valence-electron chi connectivity index (χ2n) is 5.68. The van der Waals surface area contributed by atoms with E-state index in [1.165, 1.54) is 40.1 Å². The van der Waals surface area contributed by atoms with Crippen LogP contribution in [0.15, 0.2) is 21.9 Å². The van der Waals surface area contributed by atoms with Gasteiger partial charge in [-0.25, -0.2) is 9.78 Å². The van der Waals surface area contributed by atoms with Crippen LogP contribution in [0.25, 0.3) is 0 Å². The van der Waals surface area contributed by atoms with Crippen molar-refractivity contribution in [2.45, 2.75) is 26.4 Å². The van der Waals surface area contributed by atoms with Crippen LogP contribution in [0, 0.1) is 0 Å². The fourth-order valence-electron chi connectivity index (χ4n) is 2.62. The smallest absolute Gasteiger partial charge is 0.300 e. The van der Waals surface area contributed by atoms with Crippen molar-refractivity contribution in [3.8, 4) is 0 Å². The zero-order chi connectivity index (χ0) is 17.3. The lowest BCUT2D eigenvalue weighted by molar-refractivity contribution is -0.116. The number of hydrogen-bond acceptors (Lipinski definition) is 6. The van der Waals surface area contributed by atoms with Gasteiger partial charge in [0.1, 0.15) is 6.54 Å². The minimum atomic E-state index is -0.519. The number of aromatic nitrogens is 3. The Morgan fingerprint density at radius 3 is 2.96 bits per heavy atom. The monoisotopic (exact) mass is 349 g/mol. The Morgan fingerprint density at radius 2 is 2.21 bits per heavy atom. The van der Waals surface area contributed by atoms with Crippen LogP contribution in [-0.2, 0) is 31.4 Å². The highest BCUT2D eigenvalue weighted by atomic mass is 32.1. The van der Waals surface area contributed by atoms with E-state index in [0.29, 0.717) is 5.13 Å². The van der Waals surface area contributed by atoms with E-state index >= 15 is 0 Å².